The fraction of sp³-hybridized carbons (Fsp3) is 0.667. The van der Waals surface area contributed by atoms with Crippen LogP contribution in [-0.4, -0.2) is 6.29 Å². The maximum Gasteiger partial charge on any atom is 0.126 e. The van der Waals surface area contributed by atoms with Gasteiger partial charge in [-0.1, -0.05) is 32.9 Å². The molecule has 1 unspecified atom stereocenters. The van der Waals surface area contributed by atoms with Gasteiger partial charge in [0.1, 0.15) is 6.29 Å². The fourth-order valence-corrected chi connectivity index (χ4v) is 0.644. The zero-order chi connectivity index (χ0) is 8.20. The molecule has 10 heavy (non-hydrogen) atoms. The molecule has 0 heterocycles. The monoisotopic (exact) mass is 140 g/mol. The fourth-order valence-electron chi connectivity index (χ4n) is 0.644. The maximum absolute atomic E-state index is 10.5. The molecule has 0 aromatic rings. The van der Waals surface area contributed by atoms with Crippen LogP contribution < -0.4 is 0 Å². The molecule has 0 bridgehead atoms. The third kappa shape index (κ3) is 2.34. The average molecular weight is 140 g/mol. The van der Waals surface area contributed by atoms with Gasteiger partial charge in [0, 0.05) is 5.41 Å². The first-order chi connectivity index (χ1) is 4.54. The van der Waals surface area contributed by atoms with E-state index in [1.165, 1.54) is 0 Å². The van der Waals surface area contributed by atoms with E-state index in [0.29, 0.717) is 5.92 Å². The molecule has 0 N–H and O–H groups in total. The van der Waals surface area contributed by atoms with Crippen molar-refractivity contribution in [2.75, 3.05) is 0 Å². The van der Waals surface area contributed by atoms with E-state index in [9.17, 15) is 4.79 Å². The van der Waals surface area contributed by atoms with Gasteiger partial charge < -0.3 is 4.79 Å². The molecule has 0 aromatic carbocycles. The first-order valence-electron chi connectivity index (χ1n) is 3.63. The Hall–Kier alpha value is -0.590. The summed E-state index contributed by atoms with van der Waals surface area (Å²) in [7, 11) is 0. The van der Waals surface area contributed by atoms with Gasteiger partial charge in [-0.05, 0) is 12.8 Å². The highest BCUT2D eigenvalue weighted by Crippen LogP contribution is 2.24. The Bertz CT molecular complexity index is 134. The molecule has 1 nitrogen and oxygen atoms in total. The molecule has 0 rings (SSSR count). The summed E-state index contributed by atoms with van der Waals surface area (Å²) in [6.45, 7) is 7.92. The van der Waals surface area contributed by atoms with E-state index < -0.39 is 0 Å². The topological polar surface area (TPSA) is 17.1 Å². The molecule has 0 fully saturated rings. The van der Waals surface area contributed by atoms with Crippen LogP contribution in [0.15, 0.2) is 12.2 Å². The number of allylic oxidation sites excluding steroid dienone is 2. The number of carbonyl (C=O) groups excluding carboxylic acids is 1. The number of hydrogen-bond acceptors (Lipinski definition) is 1. The molecule has 0 saturated carbocycles. The van der Waals surface area contributed by atoms with Crippen LogP contribution in [0, 0.1) is 11.3 Å². The zero-order valence-corrected chi connectivity index (χ0v) is 7.22. The standard InChI is InChI=1S/C9H16O/c1-5-6-8(2)9(3,4)7-10/h5-8H,1-4H3/b6-5+. The molecule has 0 saturated heterocycles. The Balaban J connectivity index is 4.16. The molecule has 1 atom stereocenters. The van der Waals surface area contributed by atoms with Crippen LogP contribution in [-0.2, 0) is 4.79 Å². The number of hydrogen-bond donors (Lipinski definition) is 0. The summed E-state index contributed by atoms with van der Waals surface area (Å²) in [5, 5.41) is 0. The van der Waals surface area contributed by atoms with Crippen LogP contribution in [0.5, 0.6) is 0 Å². The quantitative estimate of drug-likeness (QED) is 0.434. The van der Waals surface area contributed by atoms with E-state index in [4.69, 9.17) is 0 Å². The van der Waals surface area contributed by atoms with E-state index in [-0.39, 0.29) is 5.41 Å². The molecule has 0 amide bonds. The molecule has 1 heteroatoms. The van der Waals surface area contributed by atoms with Crippen LogP contribution in [0.1, 0.15) is 27.7 Å². The first-order valence-corrected chi connectivity index (χ1v) is 3.63. The second kappa shape index (κ2) is 3.55. The average Bonchev–Trinajstić information content (AvgIpc) is 1.89. The summed E-state index contributed by atoms with van der Waals surface area (Å²) >= 11 is 0. The van der Waals surface area contributed by atoms with Crippen LogP contribution in [0.25, 0.3) is 0 Å². The number of carbonyl (C=O) groups is 1. The zero-order valence-electron chi connectivity index (χ0n) is 7.22. The summed E-state index contributed by atoms with van der Waals surface area (Å²) in [5.41, 5.74) is -0.216. The predicted octanol–water partition coefficient (Wildman–Crippen LogP) is 2.42. The largest absolute Gasteiger partial charge is 0.303 e. The van der Waals surface area contributed by atoms with Gasteiger partial charge in [0.25, 0.3) is 0 Å². The summed E-state index contributed by atoms with van der Waals surface area (Å²) in [6, 6.07) is 0. The van der Waals surface area contributed by atoms with Gasteiger partial charge in [-0.3, -0.25) is 0 Å². The van der Waals surface area contributed by atoms with E-state index in [2.05, 4.69) is 13.0 Å². The third-order valence-corrected chi connectivity index (χ3v) is 1.96. The minimum absolute atomic E-state index is 0.216. The molecule has 0 aliphatic heterocycles. The summed E-state index contributed by atoms with van der Waals surface area (Å²) in [4.78, 5) is 10.5. The summed E-state index contributed by atoms with van der Waals surface area (Å²) < 4.78 is 0. The molecule has 0 radical (unpaired) electrons. The summed E-state index contributed by atoms with van der Waals surface area (Å²) in [6.07, 6.45) is 5.04. The Morgan fingerprint density at radius 1 is 1.40 bits per heavy atom. The Morgan fingerprint density at radius 3 is 2.20 bits per heavy atom. The Kier molecular flexibility index (Phi) is 3.34. The van der Waals surface area contributed by atoms with Crippen LogP contribution in [0.2, 0.25) is 0 Å². The molecule has 58 valence electrons. The maximum atomic E-state index is 10.5. The SMILES string of the molecule is C/C=C/C(C)C(C)(C)C=O. The van der Waals surface area contributed by atoms with Crippen molar-refractivity contribution in [2.24, 2.45) is 11.3 Å². The lowest BCUT2D eigenvalue weighted by molar-refractivity contribution is -0.116. The lowest BCUT2D eigenvalue weighted by atomic mass is 9.81. The van der Waals surface area contributed by atoms with Gasteiger partial charge in [0.15, 0.2) is 0 Å². The van der Waals surface area contributed by atoms with Gasteiger partial charge in [-0.25, -0.2) is 0 Å². The van der Waals surface area contributed by atoms with E-state index in [1.807, 2.05) is 26.8 Å². The minimum Gasteiger partial charge on any atom is -0.303 e. The highest BCUT2D eigenvalue weighted by Gasteiger charge is 2.22. The van der Waals surface area contributed by atoms with Crippen molar-refractivity contribution in [1.29, 1.82) is 0 Å². The third-order valence-electron chi connectivity index (χ3n) is 1.96. The van der Waals surface area contributed by atoms with Crippen molar-refractivity contribution in [2.45, 2.75) is 27.7 Å². The van der Waals surface area contributed by atoms with Gasteiger partial charge in [0.2, 0.25) is 0 Å². The summed E-state index contributed by atoms with van der Waals surface area (Å²) in [5.74, 6) is 0.329. The van der Waals surface area contributed by atoms with Crippen LogP contribution in [0.3, 0.4) is 0 Å². The van der Waals surface area contributed by atoms with Crippen molar-refractivity contribution in [3.63, 3.8) is 0 Å². The second-order valence-corrected chi connectivity index (χ2v) is 3.25. The van der Waals surface area contributed by atoms with E-state index in [0.717, 1.165) is 6.29 Å². The van der Waals surface area contributed by atoms with Crippen LogP contribution in [0.4, 0.5) is 0 Å². The number of rotatable bonds is 3. The lowest BCUT2D eigenvalue weighted by Gasteiger charge is -2.22. The molecule has 0 aliphatic carbocycles. The van der Waals surface area contributed by atoms with E-state index >= 15 is 0 Å². The minimum atomic E-state index is -0.216. The van der Waals surface area contributed by atoms with Crippen molar-refractivity contribution >= 4 is 6.29 Å². The smallest absolute Gasteiger partial charge is 0.126 e. The Labute approximate surface area is 63.1 Å². The lowest BCUT2D eigenvalue weighted by Crippen LogP contribution is -2.21. The predicted molar refractivity (Wildman–Crippen MR) is 43.8 cm³/mol. The second-order valence-electron chi connectivity index (χ2n) is 3.25. The molecule has 0 aliphatic rings. The normalized spacial score (nSPS) is 15.6. The van der Waals surface area contributed by atoms with Crippen molar-refractivity contribution in [3.05, 3.63) is 12.2 Å². The Morgan fingerprint density at radius 2 is 1.90 bits per heavy atom. The van der Waals surface area contributed by atoms with Gasteiger partial charge in [0.05, 0.1) is 0 Å². The molecular formula is C9H16O. The first kappa shape index (κ1) is 9.41. The van der Waals surface area contributed by atoms with Crippen molar-refractivity contribution in [3.8, 4) is 0 Å². The van der Waals surface area contributed by atoms with Gasteiger partial charge in [-0.15, -0.1) is 0 Å². The molecule has 0 spiro atoms. The number of aldehydes is 1. The highest BCUT2D eigenvalue weighted by atomic mass is 16.1. The van der Waals surface area contributed by atoms with Crippen LogP contribution >= 0.6 is 0 Å². The van der Waals surface area contributed by atoms with Crippen molar-refractivity contribution < 1.29 is 4.79 Å². The molecular weight excluding hydrogens is 124 g/mol. The highest BCUT2D eigenvalue weighted by molar-refractivity contribution is 5.58. The van der Waals surface area contributed by atoms with Gasteiger partial charge >= 0.3 is 0 Å². The molecule has 0 aromatic heterocycles. The van der Waals surface area contributed by atoms with E-state index in [1.54, 1.807) is 0 Å². The van der Waals surface area contributed by atoms with Gasteiger partial charge in [-0.2, -0.15) is 0 Å². The van der Waals surface area contributed by atoms with Crippen molar-refractivity contribution in [1.82, 2.24) is 0 Å².